The number of aromatic nitrogens is 2. The molecule has 0 saturated heterocycles. The molecule has 1 atom stereocenters. The van der Waals surface area contributed by atoms with Crippen LogP contribution in [0.15, 0.2) is 30.6 Å². The molecule has 0 fully saturated rings. The zero-order valence-electron chi connectivity index (χ0n) is 11.1. The maximum Gasteiger partial charge on any atom is 0.216 e. The highest BCUT2D eigenvalue weighted by atomic mass is 79.9. The Labute approximate surface area is 131 Å². The number of hydrogen-bond acceptors (Lipinski definition) is 4. The normalized spacial score (nSPS) is 12.0. The van der Waals surface area contributed by atoms with Crippen LogP contribution in [0.5, 0.6) is 11.6 Å². The molecule has 0 amide bonds. The smallest absolute Gasteiger partial charge is 0.216 e. The summed E-state index contributed by atoms with van der Waals surface area (Å²) >= 11 is 9.63. The highest BCUT2D eigenvalue weighted by Gasteiger charge is 2.15. The van der Waals surface area contributed by atoms with Crippen molar-refractivity contribution in [1.29, 1.82) is 0 Å². The Balaban J connectivity index is 2.21. The van der Waals surface area contributed by atoms with Crippen molar-refractivity contribution in [2.24, 2.45) is 0 Å². The molecule has 1 unspecified atom stereocenters. The van der Waals surface area contributed by atoms with Gasteiger partial charge < -0.3 is 9.47 Å². The van der Waals surface area contributed by atoms with Crippen LogP contribution >= 0.6 is 27.5 Å². The van der Waals surface area contributed by atoms with E-state index in [4.69, 9.17) is 21.1 Å². The molecule has 0 radical (unpaired) electrons. The predicted octanol–water partition coefficient (Wildman–Crippen LogP) is 3.83. The van der Waals surface area contributed by atoms with Crippen molar-refractivity contribution < 1.29 is 9.47 Å². The third-order valence-electron chi connectivity index (χ3n) is 2.83. The number of alkyl halides is 1. The average molecular weight is 358 g/mol. The Morgan fingerprint density at radius 2 is 2.00 bits per heavy atom. The lowest BCUT2D eigenvalue weighted by Gasteiger charge is -2.14. The molecule has 2 rings (SSSR count). The number of ether oxygens (including phenoxy) is 2. The summed E-state index contributed by atoms with van der Waals surface area (Å²) < 4.78 is 10.5. The second-order valence-electron chi connectivity index (χ2n) is 4.11. The maximum absolute atomic E-state index is 5.97. The molecular formula is C14H14BrClN2O2. The van der Waals surface area contributed by atoms with Crippen LogP contribution in [0.25, 0.3) is 0 Å². The second kappa shape index (κ2) is 6.90. The standard InChI is InChI=1S/C14H14BrClN2O2/c1-19-13-5-9(16)3-4-11(13)12(15)6-10-7-14(20-2)18-8-17-10/h3-5,7-8,12H,6H2,1-2H3. The lowest BCUT2D eigenvalue weighted by Crippen LogP contribution is -2.01. The van der Waals surface area contributed by atoms with Crippen LogP contribution in [-0.2, 0) is 6.42 Å². The summed E-state index contributed by atoms with van der Waals surface area (Å²) in [4.78, 5) is 8.29. The first-order valence-electron chi connectivity index (χ1n) is 5.96. The van der Waals surface area contributed by atoms with Crippen molar-refractivity contribution >= 4 is 27.5 Å². The van der Waals surface area contributed by atoms with Crippen LogP contribution in [0.1, 0.15) is 16.1 Å². The number of benzene rings is 1. The fraction of sp³-hybridized carbons (Fsp3) is 0.286. The quantitative estimate of drug-likeness (QED) is 0.763. The molecule has 2 aromatic rings. The SMILES string of the molecule is COc1cc(CC(Br)c2ccc(Cl)cc2OC)ncn1. The molecule has 0 aliphatic rings. The van der Waals surface area contributed by atoms with E-state index in [9.17, 15) is 0 Å². The van der Waals surface area contributed by atoms with Crippen molar-refractivity contribution in [2.45, 2.75) is 11.2 Å². The molecule has 20 heavy (non-hydrogen) atoms. The first-order valence-corrected chi connectivity index (χ1v) is 7.26. The minimum atomic E-state index is 0.0642. The molecule has 1 aromatic heterocycles. The Morgan fingerprint density at radius 3 is 2.70 bits per heavy atom. The van der Waals surface area contributed by atoms with Gasteiger partial charge in [-0.1, -0.05) is 33.6 Å². The molecule has 0 bridgehead atoms. The van der Waals surface area contributed by atoms with Gasteiger partial charge in [0.2, 0.25) is 5.88 Å². The van der Waals surface area contributed by atoms with Crippen LogP contribution in [-0.4, -0.2) is 24.2 Å². The lowest BCUT2D eigenvalue weighted by molar-refractivity contribution is 0.395. The summed E-state index contributed by atoms with van der Waals surface area (Å²) in [6.45, 7) is 0. The predicted molar refractivity (Wildman–Crippen MR) is 82.0 cm³/mol. The zero-order valence-corrected chi connectivity index (χ0v) is 13.5. The molecule has 0 aliphatic carbocycles. The minimum absolute atomic E-state index is 0.0642. The van der Waals surface area contributed by atoms with Crippen LogP contribution < -0.4 is 9.47 Å². The Morgan fingerprint density at radius 1 is 1.20 bits per heavy atom. The molecule has 1 heterocycles. The van der Waals surface area contributed by atoms with E-state index in [1.807, 2.05) is 18.2 Å². The third kappa shape index (κ3) is 3.61. The van der Waals surface area contributed by atoms with E-state index in [0.29, 0.717) is 17.3 Å². The topological polar surface area (TPSA) is 44.2 Å². The van der Waals surface area contributed by atoms with Gasteiger partial charge >= 0.3 is 0 Å². The molecule has 0 N–H and O–H groups in total. The summed E-state index contributed by atoms with van der Waals surface area (Å²) in [5.74, 6) is 1.30. The number of halogens is 2. The van der Waals surface area contributed by atoms with Crippen LogP contribution in [0.4, 0.5) is 0 Å². The van der Waals surface area contributed by atoms with Gasteiger partial charge in [0, 0.05) is 33.6 Å². The van der Waals surface area contributed by atoms with Crippen molar-refractivity contribution in [2.75, 3.05) is 14.2 Å². The summed E-state index contributed by atoms with van der Waals surface area (Å²) in [6, 6.07) is 7.40. The third-order valence-corrected chi connectivity index (χ3v) is 3.88. The van der Waals surface area contributed by atoms with Crippen LogP contribution in [0, 0.1) is 0 Å². The molecule has 1 aromatic carbocycles. The van der Waals surface area contributed by atoms with E-state index in [-0.39, 0.29) is 4.83 Å². The van der Waals surface area contributed by atoms with E-state index >= 15 is 0 Å². The molecule has 0 saturated carbocycles. The van der Waals surface area contributed by atoms with Gasteiger partial charge in [-0.25, -0.2) is 9.97 Å². The van der Waals surface area contributed by atoms with Crippen molar-refractivity contribution in [3.63, 3.8) is 0 Å². The number of hydrogen-bond donors (Lipinski definition) is 0. The van der Waals surface area contributed by atoms with E-state index < -0.39 is 0 Å². The molecule has 0 aliphatic heterocycles. The van der Waals surface area contributed by atoms with Crippen LogP contribution in [0.3, 0.4) is 0 Å². The van der Waals surface area contributed by atoms with E-state index in [0.717, 1.165) is 17.0 Å². The summed E-state index contributed by atoms with van der Waals surface area (Å²) in [5, 5.41) is 0.647. The highest BCUT2D eigenvalue weighted by molar-refractivity contribution is 9.09. The summed E-state index contributed by atoms with van der Waals surface area (Å²) in [7, 11) is 3.21. The first kappa shape index (κ1) is 15.1. The van der Waals surface area contributed by atoms with Gasteiger partial charge in [0.25, 0.3) is 0 Å². The molecule has 106 valence electrons. The summed E-state index contributed by atoms with van der Waals surface area (Å²) in [5.41, 5.74) is 1.91. The van der Waals surface area contributed by atoms with Gasteiger partial charge in [-0.2, -0.15) is 0 Å². The van der Waals surface area contributed by atoms with Crippen molar-refractivity contribution in [1.82, 2.24) is 9.97 Å². The van der Waals surface area contributed by atoms with Gasteiger partial charge in [-0.15, -0.1) is 0 Å². The second-order valence-corrected chi connectivity index (χ2v) is 5.65. The summed E-state index contributed by atoms with van der Waals surface area (Å²) in [6.07, 6.45) is 2.18. The maximum atomic E-state index is 5.97. The Kier molecular flexibility index (Phi) is 5.20. The van der Waals surface area contributed by atoms with E-state index in [1.54, 1.807) is 20.3 Å². The average Bonchev–Trinajstić information content (AvgIpc) is 2.47. The van der Waals surface area contributed by atoms with Gasteiger partial charge in [0.1, 0.15) is 12.1 Å². The van der Waals surface area contributed by atoms with Crippen LogP contribution in [0.2, 0.25) is 5.02 Å². The van der Waals surface area contributed by atoms with E-state index in [1.165, 1.54) is 6.33 Å². The fourth-order valence-corrected chi connectivity index (χ4v) is 2.71. The molecule has 4 nitrogen and oxygen atoms in total. The van der Waals surface area contributed by atoms with Gasteiger partial charge in [0.05, 0.1) is 14.2 Å². The monoisotopic (exact) mass is 356 g/mol. The van der Waals surface area contributed by atoms with Gasteiger partial charge in [0.15, 0.2) is 0 Å². The largest absolute Gasteiger partial charge is 0.496 e. The molecular weight excluding hydrogens is 344 g/mol. The molecule has 6 heteroatoms. The zero-order chi connectivity index (χ0) is 14.5. The van der Waals surface area contributed by atoms with Gasteiger partial charge in [-0.05, 0) is 12.1 Å². The van der Waals surface area contributed by atoms with Gasteiger partial charge in [-0.3, -0.25) is 0 Å². The Bertz CT molecular complexity index is 595. The minimum Gasteiger partial charge on any atom is -0.496 e. The van der Waals surface area contributed by atoms with Crippen molar-refractivity contribution in [3.8, 4) is 11.6 Å². The Hall–Kier alpha value is -1.33. The lowest BCUT2D eigenvalue weighted by atomic mass is 10.1. The fourth-order valence-electron chi connectivity index (χ4n) is 1.84. The highest BCUT2D eigenvalue weighted by Crippen LogP contribution is 2.35. The number of nitrogens with zero attached hydrogens (tertiary/aromatic N) is 2. The first-order chi connectivity index (χ1) is 9.63. The molecule has 0 spiro atoms. The number of methoxy groups -OCH3 is 2. The number of rotatable bonds is 5. The van der Waals surface area contributed by atoms with E-state index in [2.05, 4.69) is 25.9 Å². The van der Waals surface area contributed by atoms with Crippen molar-refractivity contribution in [3.05, 3.63) is 46.9 Å².